The number of aromatic amines is 1. The fraction of sp³-hybridized carbons (Fsp3) is 0.0833. The minimum atomic E-state index is -1.01. The predicted octanol–water partition coefficient (Wildman–Crippen LogP) is 5.28. The second-order valence-corrected chi connectivity index (χ2v) is 7.31. The summed E-state index contributed by atoms with van der Waals surface area (Å²) >= 11 is 0. The molecule has 3 heterocycles. The fourth-order valence-electron chi connectivity index (χ4n) is 3.44. The Labute approximate surface area is 198 Å². The van der Waals surface area contributed by atoms with Crippen LogP contribution in [0.1, 0.15) is 0 Å². The third-order valence-corrected chi connectivity index (χ3v) is 5.11. The highest BCUT2D eigenvalue weighted by Crippen LogP contribution is 2.37. The molecule has 11 heteroatoms. The maximum absolute atomic E-state index is 14.0. The van der Waals surface area contributed by atoms with Gasteiger partial charge in [-0.3, -0.25) is 0 Å². The summed E-state index contributed by atoms with van der Waals surface area (Å²) in [6.07, 6.45) is 3.26. The number of hydrogen-bond donors (Lipinski definition) is 3. The van der Waals surface area contributed by atoms with Crippen molar-refractivity contribution in [2.75, 3.05) is 24.8 Å². The number of aromatic nitrogens is 5. The summed E-state index contributed by atoms with van der Waals surface area (Å²) < 4.78 is 39.1. The number of pyridine rings is 1. The van der Waals surface area contributed by atoms with E-state index in [9.17, 15) is 8.78 Å². The molecule has 0 aliphatic rings. The van der Waals surface area contributed by atoms with Gasteiger partial charge >= 0.3 is 0 Å². The third kappa shape index (κ3) is 4.38. The molecular weight excluding hydrogens is 456 g/mol. The van der Waals surface area contributed by atoms with E-state index in [0.717, 1.165) is 6.07 Å². The molecule has 35 heavy (non-hydrogen) atoms. The van der Waals surface area contributed by atoms with Gasteiger partial charge in [0.05, 0.1) is 23.9 Å². The van der Waals surface area contributed by atoms with E-state index in [-0.39, 0.29) is 11.5 Å². The van der Waals surface area contributed by atoms with Crippen LogP contribution in [0.5, 0.6) is 17.4 Å². The third-order valence-electron chi connectivity index (χ3n) is 5.11. The van der Waals surface area contributed by atoms with E-state index in [2.05, 4.69) is 35.6 Å². The van der Waals surface area contributed by atoms with Crippen LogP contribution in [0.25, 0.3) is 22.3 Å². The highest BCUT2D eigenvalue weighted by atomic mass is 19.2. The molecule has 9 nitrogen and oxygen atoms in total. The smallest absolute Gasteiger partial charge is 0.228 e. The lowest BCUT2D eigenvalue weighted by Gasteiger charge is -2.14. The molecule has 0 saturated heterocycles. The molecule has 0 unspecified atom stereocenters. The Bertz CT molecular complexity index is 1520. The normalized spacial score (nSPS) is 10.9. The van der Waals surface area contributed by atoms with E-state index in [0.29, 0.717) is 45.8 Å². The molecular formula is C24H19F2N7O2. The fourth-order valence-corrected chi connectivity index (χ4v) is 3.44. The number of imidazole rings is 1. The number of fused-ring (bicyclic) bond motifs is 1. The lowest BCUT2D eigenvalue weighted by Crippen LogP contribution is -1.99. The number of halogens is 2. The summed E-state index contributed by atoms with van der Waals surface area (Å²) in [5, 5.41) is 5.93. The first-order valence-corrected chi connectivity index (χ1v) is 10.5. The van der Waals surface area contributed by atoms with Crippen LogP contribution in [0.3, 0.4) is 0 Å². The Morgan fingerprint density at radius 3 is 2.66 bits per heavy atom. The van der Waals surface area contributed by atoms with Crippen LogP contribution in [0.15, 0.2) is 60.9 Å². The molecule has 0 fully saturated rings. The van der Waals surface area contributed by atoms with Gasteiger partial charge in [0.1, 0.15) is 5.52 Å². The van der Waals surface area contributed by atoms with Crippen molar-refractivity contribution in [3.8, 4) is 28.6 Å². The molecule has 0 aliphatic heterocycles. The Morgan fingerprint density at radius 1 is 0.943 bits per heavy atom. The van der Waals surface area contributed by atoms with E-state index in [1.165, 1.54) is 13.2 Å². The minimum absolute atomic E-state index is 0.0896. The zero-order valence-electron chi connectivity index (χ0n) is 18.6. The Hall–Kier alpha value is -4.80. The average molecular weight is 475 g/mol. The van der Waals surface area contributed by atoms with E-state index >= 15 is 0 Å². The molecule has 0 aliphatic carbocycles. The van der Waals surface area contributed by atoms with Gasteiger partial charge < -0.3 is 25.1 Å². The summed E-state index contributed by atoms with van der Waals surface area (Å²) in [6, 6.07) is 13.0. The van der Waals surface area contributed by atoms with Crippen LogP contribution < -0.4 is 20.1 Å². The van der Waals surface area contributed by atoms with Gasteiger partial charge in [0.15, 0.2) is 23.1 Å². The highest BCUT2D eigenvalue weighted by molar-refractivity contribution is 5.79. The van der Waals surface area contributed by atoms with Gasteiger partial charge in [-0.15, -0.1) is 0 Å². The molecule has 0 bridgehead atoms. The topological polar surface area (TPSA) is 110 Å². The number of rotatable bonds is 7. The second kappa shape index (κ2) is 9.21. The SMILES string of the molecule is CNc1nccc(-c2cccnc2Oc2ccc(Nc3nc4c(F)c(F)ccc4[nH]3)cc2OC)n1. The van der Waals surface area contributed by atoms with E-state index in [1.54, 1.807) is 49.8 Å². The molecule has 5 rings (SSSR count). The highest BCUT2D eigenvalue weighted by Gasteiger charge is 2.15. The van der Waals surface area contributed by atoms with E-state index in [4.69, 9.17) is 9.47 Å². The predicted molar refractivity (Wildman–Crippen MR) is 127 cm³/mol. The van der Waals surface area contributed by atoms with E-state index < -0.39 is 11.6 Å². The molecule has 176 valence electrons. The zero-order valence-corrected chi connectivity index (χ0v) is 18.6. The first-order valence-electron chi connectivity index (χ1n) is 10.5. The zero-order chi connectivity index (χ0) is 24.4. The van der Waals surface area contributed by atoms with Crippen molar-refractivity contribution >= 4 is 28.6 Å². The standard InChI is InChI=1S/C24H19F2N7O2/c1-27-23-29-11-9-16(31-23)14-4-3-10-28-22(14)35-18-8-5-13(12-19(18)34-2)30-24-32-17-7-6-15(25)20(26)21(17)33-24/h3-12H,1-2H3,(H,27,29,31)(H2,30,32,33). The summed E-state index contributed by atoms with van der Waals surface area (Å²) in [7, 11) is 3.24. The maximum atomic E-state index is 14.0. The van der Waals surface area contributed by atoms with Gasteiger partial charge in [0.25, 0.3) is 0 Å². The van der Waals surface area contributed by atoms with Gasteiger partial charge in [0.2, 0.25) is 17.8 Å². The van der Waals surface area contributed by atoms with Crippen molar-refractivity contribution < 1.29 is 18.3 Å². The molecule has 0 spiro atoms. The van der Waals surface area contributed by atoms with Crippen molar-refractivity contribution in [3.05, 3.63) is 72.6 Å². The number of benzene rings is 2. The number of methoxy groups -OCH3 is 1. The van der Waals surface area contributed by atoms with Crippen LogP contribution in [-0.4, -0.2) is 39.1 Å². The molecule has 0 radical (unpaired) electrons. The lowest BCUT2D eigenvalue weighted by atomic mass is 10.2. The molecule has 0 saturated carbocycles. The van der Waals surface area contributed by atoms with Crippen LogP contribution in [0, 0.1) is 11.6 Å². The number of nitrogens with zero attached hydrogens (tertiary/aromatic N) is 4. The minimum Gasteiger partial charge on any atom is -0.493 e. The van der Waals surface area contributed by atoms with E-state index in [1.807, 2.05) is 6.07 Å². The summed E-state index contributed by atoms with van der Waals surface area (Å²) in [5.41, 5.74) is 2.18. The van der Waals surface area contributed by atoms with Gasteiger partial charge in [-0.05, 0) is 42.5 Å². The van der Waals surface area contributed by atoms with Gasteiger partial charge in [-0.25, -0.2) is 28.7 Å². The van der Waals surface area contributed by atoms with Gasteiger partial charge in [-0.1, -0.05) is 0 Å². The Morgan fingerprint density at radius 2 is 1.83 bits per heavy atom. The second-order valence-electron chi connectivity index (χ2n) is 7.31. The Balaban J connectivity index is 1.43. The first-order chi connectivity index (χ1) is 17.1. The van der Waals surface area contributed by atoms with Crippen molar-refractivity contribution in [1.82, 2.24) is 24.9 Å². The quantitative estimate of drug-likeness (QED) is 0.292. The maximum Gasteiger partial charge on any atom is 0.228 e. The monoisotopic (exact) mass is 475 g/mol. The molecule has 5 aromatic rings. The number of nitrogens with one attached hydrogen (secondary N) is 3. The molecule has 3 aromatic heterocycles. The van der Waals surface area contributed by atoms with Crippen LogP contribution in [0.2, 0.25) is 0 Å². The van der Waals surface area contributed by atoms with Crippen LogP contribution >= 0.6 is 0 Å². The number of anilines is 3. The molecule has 0 atom stereocenters. The number of ether oxygens (including phenoxy) is 2. The van der Waals surface area contributed by atoms with Gasteiger partial charge in [0, 0.05) is 31.2 Å². The molecule has 2 aromatic carbocycles. The van der Waals surface area contributed by atoms with Crippen molar-refractivity contribution in [1.29, 1.82) is 0 Å². The summed E-state index contributed by atoms with van der Waals surface area (Å²) in [5.74, 6) is -0.0874. The number of H-pyrrole nitrogens is 1. The van der Waals surface area contributed by atoms with Crippen molar-refractivity contribution in [2.45, 2.75) is 0 Å². The van der Waals surface area contributed by atoms with Crippen molar-refractivity contribution in [2.24, 2.45) is 0 Å². The van der Waals surface area contributed by atoms with Gasteiger partial charge in [-0.2, -0.15) is 0 Å². The first kappa shape index (κ1) is 22.0. The molecule has 0 amide bonds. The largest absolute Gasteiger partial charge is 0.493 e. The van der Waals surface area contributed by atoms with Crippen LogP contribution in [0.4, 0.5) is 26.4 Å². The Kier molecular flexibility index (Phi) is 5.80. The molecule has 3 N–H and O–H groups in total. The summed E-state index contributed by atoms with van der Waals surface area (Å²) in [4.78, 5) is 19.9. The summed E-state index contributed by atoms with van der Waals surface area (Å²) in [6.45, 7) is 0. The average Bonchev–Trinajstić information content (AvgIpc) is 3.30. The van der Waals surface area contributed by atoms with Crippen LogP contribution in [-0.2, 0) is 0 Å². The number of hydrogen-bond acceptors (Lipinski definition) is 8. The van der Waals surface area contributed by atoms with Crippen molar-refractivity contribution in [3.63, 3.8) is 0 Å². The lowest BCUT2D eigenvalue weighted by molar-refractivity contribution is 0.375.